The van der Waals surface area contributed by atoms with E-state index in [-0.39, 0.29) is 57.5 Å². The molecule has 5 heterocycles. The number of pyridine rings is 2. The Kier molecular flexibility index (Phi) is 9.42. The summed E-state index contributed by atoms with van der Waals surface area (Å²) in [4.78, 5) is 22.0. The maximum absolute atomic E-state index is 13.8. The van der Waals surface area contributed by atoms with Crippen LogP contribution in [0.3, 0.4) is 0 Å². The van der Waals surface area contributed by atoms with Crippen LogP contribution in [0.2, 0.25) is 0 Å². The van der Waals surface area contributed by atoms with Crippen molar-refractivity contribution in [1.82, 2.24) is 30.1 Å². The Morgan fingerprint density at radius 3 is 2.60 bits per heavy atom. The molecule has 0 amide bonds. The zero-order valence-electron chi connectivity index (χ0n) is 25.7. The standard InChI is InChI=1S/C31H31N7O7S2/c1-18(2)20-10-11-25(33-16-20)47(39,40)38-29-26(44-24-9-5-4-8-23(24)41-3)30(43-17-21-7-6-14-42-21)35-27(34-29)19-12-13-32-22(15-19)28-36-31(46)45-37-28/h4-5,8-13,15-16,18,21H,6-7,14,17H2,1-3H3,(H,34,35,38)(H,36,37,46). The molecule has 0 bridgehead atoms. The molecule has 5 aromatic rings. The molecule has 1 fully saturated rings. The molecule has 1 aliphatic rings. The van der Waals surface area contributed by atoms with Gasteiger partial charge in [0.1, 0.15) is 12.3 Å². The highest BCUT2D eigenvalue weighted by Crippen LogP contribution is 2.42. The third kappa shape index (κ3) is 7.40. The number of hydrogen-bond donors (Lipinski definition) is 2. The summed E-state index contributed by atoms with van der Waals surface area (Å²) >= 11 is 4.98. The molecular formula is C31H31N7O7S2. The number of aromatic amines is 1. The first-order valence-electron chi connectivity index (χ1n) is 14.7. The minimum atomic E-state index is -4.28. The van der Waals surface area contributed by atoms with Crippen LogP contribution in [0.15, 0.2) is 70.5 Å². The number of nitrogens with zero attached hydrogens (tertiary/aromatic N) is 5. The fourth-order valence-electron chi connectivity index (χ4n) is 4.69. The number of anilines is 1. The van der Waals surface area contributed by atoms with Crippen LogP contribution in [0.4, 0.5) is 5.82 Å². The van der Waals surface area contributed by atoms with E-state index >= 15 is 0 Å². The molecule has 0 aliphatic carbocycles. The van der Waals surface area contributed by atoms with E-state index in [1.807, 2.05) is 13.8 Å². The normalized spacial score (nSPS) is 14.7. The first-order valence-corrected chi connectivity index (χ1v) is 16.6. The lowest BCUT2D eigenvalue weighted by Crippen LogP contribution is -2.19. The fourth-order valence-corrected chi connectivity index (χ4v) is 5.76. The van der Waals surface area contributed by atoms with E-state index in [0.29, 0.717) is 29.4 Å². The number of benzene rings is 1. The molecule has 0 spiro atoms. The summed E-state index contributed by atoms with van der Waals surface area (Å²) in [6.07, 6.45) is 4.56. The highest BCUT2D eigenvalue weighted by molar-refractivity contribution is 7.92. The number of nitrogens with one attached hydrogen (secondary N) is 2. The maximum Gasteiger partial charge on any atom is 0.314 e. The monoisotopic (exact) mass is 677 g/mol. The van der Waals surface area contributed by atoms with Crippen molar-refractivity contribution in [2.24, 2.45) is 0 Å². The van der Waals surface area contributed by atoms with Gasteiger partial charge in [-0.05, 0) is 66.9 Å². The van der Waals surface area contributed by atoms with Crippen LogP contribution < -0.4 is 18.9 Å². The van der Waals surface area contributed by atoms with Crippen molar-refractivity contribution in [3.05, 3.63) is 71.3 Å². The number of sulfonamides is 1. The molecule has 6 rings (SSSR count). The number of hydrogen-bond acceptors (Lipinski definition) is 13. The molecule has 47 heavy (non-hydrogen) atoms. The molecule has 4 aromatic heterocycles. The van der Waals surface area contributed by atoms with E-state index in [9.17, 15) is 8.42 Å². The number of methoxy groups -OCH3 is 1. The molecule has 0 radical (unpaired) electrons. The predicted molar refractivity (Wildman–Crippen MR) is 173 cm³/mol. The lowest BCUT2D eigenvalue weighted by Gasteiger charge is -2.19. The highest BCUT2D eigenvalue weighted by Gasteiger charge is 2.27. The van der Waals surface area contributed by atoms with Crippen molar-refractivity contribution in [2.75, 3.05) is 25.0 Å². The molecule has 0 saturated carbocycles. The predicted octanol–water partition coefficient (Wildman–Crippen LogP) is 5.93. The van der Waals surface area contributed by atoms with E-state index in [0.717, 1.165) is 18.4 Å². The summed E-state index contributed by atoms with van der Waals surface area (Å²) < 4.78 is 58.9. The summed E-state index contributed by atoms with van der Waals surface area (Å²) in [6.45, 7) is 4.74. The molecule has 1 atom stereocenters. The van der Waals surface area contributed by atoms with Gasteiger partial charge >= 0.3 is 4.84 Å². The number of rotatable bonds is 12. The van der Waals surface area contributed by atoms with E-state index < -0.39 is 10.0 Å². The molecule has 1 unspecified atom stereocenters. The quantitative estimate of drug-likeness (QED) is 0.149. The number of para-hydroxylation sites is 2. The minimum absolute atomic E-state index is 0.0119. The minimum Gasteiger partial charge on any atom is -0.493 e. The van der Waals surface area contributed by atoms with Crippen molar-refractivity contribution < 1.29 is 31.9 Å². The first kappa shape index (κ1) is 32.0. The summed E-state index contributed by atoms with van der Waals surface area (Å²) in [6, 6.07) is 13.3. The van der Waals surface area contributed by atoms with Crippen molar-refractivity contribution in [1.29, 1.82) is 0 Å². The van der Waals surface area contributed by atoms with Gasteiger partial charge in [-0.25, -0.2) is 9.97 Å². The Bertz CT molecular complexity index is 2030. The van der Waals surface area contributed by atoms with Crippen molar-refractivity contribution in [3.63, 3.8) is 0 Å². The van der Waals surface area contributed by atoms with Gasteiger partial charge in [0, 0.05) is 24.6 Å². The highest BCUT2D eigenvalue weighted by atomic mass is 32.2. The Hall–Kier alpha value is -4.93. The third-order valence-corrected chi connectivity index (χ3v) is 8.61. The van der Waals surface area contributed by atoms with E-state index in [1.54, 1.807) is 42.5 Å². The van der Waals surface area contributed by atoms with Gasteiger partial charge in [0.05, 0.1) is 13.2 Å². The largest absolute Gasteiger partial charge is 0.493 e. The van der Waals surface area contributed by atoms with Crippen molar-refractivity contribution >= 4 is 28.1 Å². The summed E-state index contributed by atoms with van der Waals surface area (Å²) in [5.41, 5.74) is 1.74. The Balaban J connectivity index is 1.49. The fraction of sp³-hybridized carbons (Fsp3) is 0.290. The lowest BCUT2D eigenvalue weighted by molar-refractivity contribution is 0.0654. The second-order valence-electron chi connectivity index (χ2n) is 10.8. The molecule has 1 saturated heterocycles. The topological polar surface area (TPSA) is 176 Å². The zero-order chi connectivity index (χ0) is 33.0. The second kappa shape index (κ2) is 13.8. The molecule has 244 valence electrons. The summed E-state index contributed by atoms with van der Waals surface area (Å²) in [5, 5.41) is 2.41. The summed E-state index contributed by atoms with van der Waals surface area (Å²) in [7, 11) is -2.78. The average Bonchev–Trinajstić information content (AvgIpc) is 3.77. The SMILES string of the molecule is COc1ccccc1Oc1c(NS(=O)(=O)c2ccc(C(C)C)cn2)nc(-c2ccnc(-c3nc(=S)o[nH]3)c2)nc1OCC1CCCO1. The molecule has 1 aromatic carbocycles. The Labute approximate surface area is 275 Å². The van der Waals surface area contributed by atoms with E-state index in [4.69, 9.17) is 35.7 Å². The average molecular weight is 678 g/mol. The molecule has 14 nitrogen and oxygen atoms in total. The third-order valence-electron chi connectivity index (χ3n) is 7.18. The van der Waals surface area contributed by atoms with Gasteiger partial charge in [0.2, 0.25) is 5.75 Å². The maximum atomic E-state index is 13.8. The molecular weight excluding hydrogens is 647 g/mol. The van der Waals surface area contributed by atoms with Gasteiger partial charge in [-0.1, -0.05) is 32.0 Å². The van der Waals surface area contributed by atoms with Crippen LogP contribution in [-0.2, 0) is 14.8 Å². The van der Waals surface area contributed by atoms with Gasteiger partial charge in [0.25, 0.3) is 15.9 Å². The van der Waals surface area contributed by atoms with Crippen LogP contribution in [-0.4, -0.2) is 64.9 Å². The van der Waals surface area contributed by atoms with Gasteiger partial charge in [-0.2, -0.15) is 23.5 Å². The number of H-pyrrole nitrogens is 1. The van der Waals surface area contributed by atoms with Crippen LogP contribution in [0.5, 0.6) is 23.1 Å². The van der Waals surface area contributed by atoms with E-state index in [1.165, 1.54) is 25.6 Å². The smallest absolute Gasteiger partial charge is 0.314 e. The van der Waals surface area contributed by atoms with Gasteiger partial charge in [0.15, 0.2) is 34.0 Å². The van der Waals surface area contributed by atoms with Gasteiger partial charge in [-0.15, -0.1) is 0 Å². The van der Waals surface area contributed by atoms with Crippen molar-refractivity contribution in [2.45, 2.75) is 43.7 Å². The van der Waals surface area contributed by atoms with Crippen LogP contribution in [0.25, 0.3) is 22.9 Å². The number of aromatic nitrogens is 6. The Morgan fingerprint density at radius 2 is 1.91 bits per heavy atom. The second-order valence-corrected chi connectivity index (χ2v) is 12.8. The lowest BCUT2D eigenvalue weighted by atomic mass is 10.1. The van der Waals surface area contributed by atoms with Gasteiger partial charge < -0.3 is 23.5 Å². The molecule has 1 aliphatic heterocycles. The molecule has 2 N–H and O–H groups in total. The van der Waals surface area contributed by atoms with Crippen LogP contribution >= 0.6 is 12.2 Å². The van der Waals surface area contributed by atoms with E-state index in [2.05, 4.69) is 34.8 Å². The first-order chi connectivity index (χ1) is 22.7. The summed E-state index contributed by atoms with van der Waals surface area (Å²) in [5.74, 6) is 0.915. The zero-order valence-corrected chi connectivity index (χ0v) is 27.3. The van der Waals surface area contributed by atoms with Crippen LogP contribution in [0.1, 0.15) is 38.2 Å². The van der Waals surface area contributed by atoms with Gasteiger partial charge in [-0.3, -0.25) is 9.71 Å². The Morgan fingerprint density at radius 1 is 1.09 bits per heavy atom. The van der Waals surface area contributed by atoms with Crippen LogP contribution in [0, 0.1) is 4.84 Å². The van der Waals surface area contributed by atoms with Crippen molar-refractivity contribution in [3.8, 4) is 46.0 Å². The molecule has 16 heteroatoms. The number of ether oxygens (including phenoxy) is 4.